The van der Waals surface area contributed by atoms with E-state index in [1.165, 1.54) is 0 Å². The van der Waals surface area contributed by atoms with Crippen molar-refractivity contribution in [3.63, 3.8) is 0 Å². The molecule has 0 heterocycles. The molecule has 3 N–H and O–H groups in total. The van der Waals surface area contributed by atoms with Crippen molar-refractivity contribution in [2.45, 2.75) is 26.7 Å². The molecule has 0 aliphatic carbocycles. The molecule has 1 amide bonds. The van der Waals surface area contributed by atoms with Crippen molar-refractivity contribution >= 4 is 5.91 Å². The van der Waals surface area contributed by atoms with Crippen LogP contribution in [-0.2, 0) is 9.53 Å². The molecule has 0 saturated carbocycles. The highest BCUT2D eigenvalue weighted by Crippen LogP contribution is 2.02. The second-order valence-electron chi connectivity index (χ2n) is 3.68. The maximum atomic E-state index is 11.2. The minimum atomic E-state index is 0.107. The molecule has 0 fully saturated rings. The summed E-state index contributed by atoms with van der Waals surface area (Å²) in [5, 5.41) is 2.79. The van der Waals surface area contributed by atoms with Gasteiger partial charge in [-0.1, -0.05) is 13.8 Å². The lowest BCUT2D eigenvalue weighted by Gasteiger charge is -2.06. The maximum Gasteiger partial charge on any atom is 0.220 e. The van der Waals surface area contributed by atoms with Crippen molar-refractivity contribution in [2.24, 2.45) is 11.7 Å². The average Bonchev–Trinajstić information content (AvgIpc) is 2.14. The lowest BCUT2D eigenvalue weighted by molar-refractivity contribution is -0.121. The number of carbonyl (C=O) groups excluding carboxylic acids is 1. The Morgan fingerprint density at radius 1 is 1.43 bits per heavy atom. The SMILES string of the molecule is CC(C)CCC(=O)NCCOCCN. The van der Waals surface area contributed by atoms with Crippen LogP contribution in [0.5, 0.6) is 0 Å². The molecule has 0 atom stereocenters. The van der Waals surface area contributed by atoms with Crippen molar-refractivity contribution in [3.8, 4) is 0 Å². The summed E-state index contributed by atoms with van der Waals surface area (Å²) in [6.07, 6.45) is 1.55. The molecule has 4 nitrogen and oxygen atoms in total. The van der Waals surface area contributed by atoms with Crippen molar-refractivity contribution in [1.82, 2.24) is 5.32 Å². The summed E-state index contributed by atoms with van der Waals surface area (Å²) in [6, 6.07) is 0. The van der Waals surface area contributed by atoms with Gasteiger partial charge < -0.3 is 15.8 Å². The average molecular weight is 202 g/mol. The highest BCUT2D eigenvalue weighted by atomic mass is 16.5. The van der Waals surface area contributed by atoms with E-state index in [1.807, 2.05) is 0 Å². The molecule has 0 spiro atoms. The number of ether oxygens (including phenoxy) is 1. The second kappa shape index (κ2) is 8.97. The highest BCUT2D eigenvalue weighted by Gasteiger charge is 2.01. The molecule has 0 aromatic carbocycles. The van der Waals surface area contributed by atoms with E-state index in [0.717, 1.165) is 6.42 Å². The number of nitrogens with one attached hydrogen (secondary N) is 1. The number of hydrogen-bond acceptors (Lipinski definition) is 3. The van der Waals surface area contributed by atoms with Gasteiger partial charge in [0.1, 0.15) is 0 Å². The van der Waals surface area contributed by atoms with Gasteiger partial charge in [-0.05, 0) is 12.3 Å². The number of amides is 1. The van der Waals surface area contributed by atoms with Crippen LogP contribution in [0.15, 0.2) is 0 Å². The van der Waals surface area contributed by atoms with Gasteiger partial charge in [0.25, 0.3) is 0 Å². The Kier molecular flexibility index (Phi) is 8.57. The number of nitrogens with two attached hydrogens (primary N) is 1. The van der Waals surface area contributed by atoms with Gasteiger partial charge in [-0.25, -0.2) is 0 Å². The first kappa shape index (κ1) is 13.4. The topological polar surface area (TPSA) is 64.3 Å². The predicted octanol–water partition coefficient (Wildman–Crippen LogP) is 0.514. The van der Waals surface area contributed by atoms with Gasteiger partial charge in [0.15, 0.2) is 0 Å². The van der Waals surface area contributed by atoms with Crippen molar-refractivity contribution in [3.05, 3.63) is 0 Å². The molecule has 84 valence electrons. The van der Waals surface area contributed by atoms with E-state index in [0.29, 0.717) is 38.6 Å². The normalized spacial score (nSPS) is 10.6. The Morgan fingerprint density at radius 2 is 2.14 bits per heavy atom. The van der Waals surface area contributed by atoms with Crippen LogP contribution < -0.4 is 11.1 Å². The fourth-order valence-corrected chi connectivity index (χ4v) is 0.956. The highest BCUT2D eigenvalue weighted by molar-refractivity contribution is 5.75. The van der Waals surface area contributed by atoms with Crippen LogP contribution in [0.1, 0.15) is 26.7 Å². The zero-order chi connectivity index (χ0) is 10.8. The van der Waals surface area contributed by atoms with Gasteiger partial charge in [0.2, 0.25) is 5.91 Å². The Morgan fingerprint density at radius 3 is 2.71 bits per heavy atom. The first-order valence-electron chi connectivity index (χ1n) is 5.21. The van der Waals surface area contributed by atoms with Crippen LogP contribution in [-0.4, -0.2) is 32.2 Å². The Balaban J connectivity index is 3.18. The maximum absolute atomic E-state index is 11.2. The van der Waals surface area contributed by atoms with Gasteiger partial charge in [0, 0.05) is 19.5 Å². The van der Waals surface area contributed by atoms with E-state index in [4.69, 9.17) is 10.5 Å². The molecule has 0 aliphatic rings. The summed E-state index contributed by atoms with van der Waals surface area (Å²) < 4.78 is 5.12. The molecule has 0 aromatic rings. The summed E-state index contributed by atoms with van der Waals surface area (Å²) in [5.74, 6) is 0.685. The molecule has 0 radical (unpaired) electrons. The first-order chi connectivity index (χ1) is 6.66. The van der Waals surface area contributed by atoms with Gasteiger partial charge in [-0.2, -0.15) is 0 Å². The molecule has 14 heavy (non-hydrogen) atoms. The smallest absolute Gasteiger partial charge is 0.220 e. The molecule has 0 saturated heterocycles. The largest absolute Gasteiger partial charge is 0.378 e. The minimum Gasteiger partial charge on any atom is -0.378 e. The summed E-state index contributed by atoms with van der Waals surface area (Å²) in [5.41, 5.74) is 5.24. The molecule has 0 unspecified atom stereocenters. The molecule has 4 heteroatoms. The van der Waals surface area contributed by atoms with E-state index in [1.54, 1.807) is 0 Å². The second-order valence-corrected chi connectivity index (χ2v) is 3.68. The molecule has 0 aromatic heterocycles. The van der Waals surface area contributed by atoms with Crippen LogP contribution in [0.2, 0.25) is 0 Å². The molecule has 0 rings (SSSR count). The van der Waals surface area contributed by atoms with Gasteiger partial charge in [0.05, 0.1) is 13.2 Å². The van der Waals surface area contributed by atoms with Crippen molar-refractivity contribution in [2.75, 3.05) is 26.3 Å². The van der Waals surface area contributed by atoms with E-state index in [-0.39, 0.29) is 5.91 Å². The molecular formula is C10H22N2O2. The third-order valence-corrected chi connectivity index (χ3v) is 1.78. The lowest BCUT2D eigenvalue weighted by Crippen LogP contribution is -2.27. The fourth-order valence-electron chi connectivity index (χ4n) is 0.956. The van der Waals surface area contributed by atoms with Gasteiger partial charge >= 0.3 is 0 Å². The number of hydrogen-bond donors (Lipinski definition) is 2. The zero-order valence-corrected chi connectivity index (χ0v) is 9.21. The number of rotatable bonds is 8. The Bertz CT molecular complexity index is 149. The van der Waals surface area contributed by atoms with E-state index < -0.39 is 0 Å². The van der Waals surface area contributed by atoms with Gasteiger partial charge in [-0.3, -0.25) is 4.79 Å². The van der Waals surface area contributed by atoms with Gasteiger partial charge in [-0.15, -0.1) is 0 Å². The van der Waals surface area contributed by atoms with Crippen LogP contribution in [0.25, 0.3) is 0 Å². The van der Waals surface area contributed by atoms with Crippen LogP contribution >= 0.6 is 0 Å². The van der Waals surface area contributed by atoms with E-state index in [9.17, 15) is 4.79 Å². The molecule has 0 aliphatic heterocycles. The van der Waals surface area contributed by atoms with Crippen LogP contribution in [0, 0.1) is 5.92 Å². The van der Waals surface area contributed by atoms with E-state index in [2.05, 4.69) is 19.2 Å². The standard InChI is InChI=1S/C10H22N2O2/c1-9(2)3-4-10(13)12-6-8-14-7-5-11/h9H,3-8,11H2,1-2H3,(H,12,13). The summed E-state index contributed by atoms with van der Waals surface area (Å²) in [6.45, 7) is 6.43. The Labute approximate surface area is 86.2 Å². The third-order valence-electron chi connectivity index (χ3n) is 1.78. The van der Waals surface area contributed by atoms with Crippen LogP contribution in [0.4, 0.5) is 0 Å². The molecule has 0 bridgehead atoms. The van der Waals surface area contributed by atoms with Crippen molar-refractivity contribution in [1.29, 1.82) is 0 Å². The quantitative estimate of drug-likeness (QED) is 0.564. The monoisotopic (exact) mass is 202 g/mol. The minimum absolute atomic E-state index is 0.107. The Hall–Kier alpha value is -0.610. The van der Waals surface area contributed by atoms with Crippen LogP contribution in [0.3, 0.4) is 0 Å². The third kappa shape index (κ3) is 9.48. The van der Waals surface area contributed by atoms with E-state index >= 15 is 0 Å². The summed E-state index contributed by atoms with van der Waals surface area (Å²) in [4.78, 5) is 11.2. The lowest BCUT2D eigenvalue weighted by atomic mass is 10.1. The zero-order valence-electron chi connectivity index (χ0n) is 9.21. The molecular weight excluding hydrogens is 180 g/mol. The fraction of sp³-hybridized carbons (Fsp3) is 0.900. The van der Waals surface area contributed by atoms with Crippen molar-refractivity contribution < 1.29 is 9.53 Å². The summed E-state index contributed by atoms with van der Waals surface area (Å²) in [7, 11) is 0. The number of carbonyl (C=O) groups is 1. The summed E-state index contributed by atoms with van der Waals surface area (Å²) >= 11 is 0. The predicted molar refractivity (Wildman–Crippen MR) is 57.0 cm³/mol. The first-order valence-corrected chi connectivity index (χ1v) is 5.21.